The molecule has 3 atom stereocenters. The fourth-order valence-electron chi connectivity index (χ4n) is 8.13. The first-order chi connectivity index (χ1) is 27.5. The standard InChI is InChI=1S/C47H51N3O6Si/c1-33-31-50(45(51)49-44(33)48)43-30-41(56-57(46(2,3)4,39-18-12-8-13-19-39)40-20-14-9-15-21-40)42(55-43)32-54-47(34-16-10-7-11-17-34,35-22-26-37(52-5)27-23-35)36-24-28-38(53-6)29-25-36/h7-29,31,41-43H,30,32H2,1-6H3,(H2,48,49,51)/t41-,42+,43+/m0/s1. The molecule has 0 bridgehead atoms. The smallest absolute Gasteiger partial charge is 0.351 e. The van der Waals surface area contributed by atoms with Crippen LogP contribution < -0.4 is 31.3 Å². The monoisotopic (exact) mass is 781 g/mol. The van der Waals surface area contributed by atoms with E-state index in [1.165, 1.54) is 4.57 Å². The molecule has 0 saturated carbocycles. The van der Waals surface area contributed by atoms with E-state index in [2.05, 4.69) is 86.4 Å². The van der Waals surface area contributed by atoms with Crippen LogP contribution in [0.1, 0.15) is 55.7 Å². The summed E-state index contributed by atoms with van der Waals surface area (Å²) >= 11 is 0. The van der Waals surface area contributed by atoms with Crippen LogP contribution in [0.25, 0.3) is 0 Å². The number of methoxy groups -OCH3 is 2. The predicted octanol–water partition coefficient (Wildman–Crippen LogP) is 7.39. The second-order valence-electron chi connectivity index (χ2n) is 15.5. The third-order valence-electron chi connectivity index (χ3n) is 11.0. The molecule has 6 aromatic rings. The van der Waals surface area contributed by atoms with Gasteiger partial charge < -0.3 is 29.1 Å². The summed E-state index contributed by atoms with van der Waals surface area (Å²) in [4.78, 5) is 17.6. The van der Waals surface area contributed by atoms with Gasteiger partial charge in [0.05, 0.1) is 26.9 Å². The van der Waals surface area contributed by atoms with Gasteiger partial charge in [-0.2, -0.15) is 4.98 Å². The minimum absolute atomic E-state index is 0.114. The lowest BCUT2D eigenvalue weighted by Crippen LogP contribution is -2.68. The molecule has 1 aliphatic heterocycles. The van der Waals surface area contributed by atoms with E-state index in [1.807, 2.05) is 85.8 Å². The fourth-order valence-corrected chi connectivity index (χ4v) is 12.8. The predicted molar refractivity (Wildman–Crippen MR) is 227 cm³/mol. The van der Waals surface area contributed by atoms with Crippen molar-refractivity contribution in [3.05, 3.63) is 178 Å². The van der Waals surface area contributed by atoms with Crippen molar-refractivity contribution in [3.63, 3.8) is 0 Å². The Kier molecular flexibility index (Phi) is 11.5. The summed E-state index contributed by atoms with van der Waals surface area (Å²) in [5, 5.41) is 1.98. The van der Waals surface area contributed by atoms with Crippen molar-refractivity contribution in [2.24, 2.45) is 0 Å². The molecular formula is C47H51N3O6Si. The van der Waals surface area contributed by atoms with Crippen molar-refractivity contribution in [1.29, 1.82) is 0 Å². The van der Waals surface area contributed by atoms with Gasteiger partial charge in [-0.25, -0.2) is 4.79 Å². The Labute approximate surface area is 336 Å². The van der Waals surface area contributed by atoms with Gasteiger partial charge in [0, 0.05) is 18.2 Å². The zero-order valence-corrected chi connectivity index (χ0v) is 34.4. The highest BCUT2D eigenvalue weighted by Crippen LogP contribution is 2.45. The van der Waals surface area contributed by atoms with Crippen LogP contribution in [0.3, 0.4) is 0 Å². The summed E-state index contributed by atoms with van der Waals surface area (Å²) in [5.41, 5.74) is 7.90. The Hall–Kier alpha value is -5.52. The number of aromatic nitrogens is 2. The van der Waals surface area contributed by atoms with Crippen LogP contribution in [-0.4, -0.2) is 50.9 Å². The molecule has 57 heavy (non-hydrogen) atoms. The third kappa shape index (κ3) is 7.66. The molecule has 0 spiro atoms. The molecule has 5 aromatic carbocycles. The first-order valence-corrected chi connectivity index (χ1v) is 21.2. The number of ether oxygens (including phenoxy) is 4. The zero-order valence-electron chi connectivity index (χ0n) is 33.4. The van der Waals surface area contributed by atoms with Crippen molar-refractivity contribution in [2.45, 2.75) is 63.2 Å². The van der Waals surface area contributed by atoms with Crippen LogP contribution >= 0.6 is 0 Å². The van der Waals surface area contributed by atoms with Crippen LogP contribution in [0.15, 0.2) is 151 Å². The SMILES string of the molecule is COc1ccc(C(OC[C@H]2O[C@@H](n3cc(C)c(N)nc3=O)C[C@@H]2O[Si](c2ccccc2)(c2ccccc2)C(C)(C)C)(c2ccccc2)c2ccc(OC)cc2)cc1. The van der Waals surface area contributed by atoms with E-state index in [-0.39, 0.29) is 17.5 Å². The molecule has 2 N–H and O–H groups in total. The minimum Gasteiger partial charge on any atom is -0.497 e. The van der Waals surface area contributed by atoms with E-state index in [0.717, 1.165) is 38.6 Å². The molecule has 0 amide bonds. The lowest BCUT2D eigenvalue weighted by molar-refractivity contribution is -0.0925. The molecule has 0 aliphatic carbocycles. The average Bonchev–Trinajstić information content (AvgIpc) is 3.64. The Morgan fingerprint density at radius 1 is 0.737 bits per heavy atom. The highest BCUT2D eigenvalue weighted by Gasteiger charge is 2.54. The van der Waals surface area contributed by atoms with Crippen molar-refractivity contribution >= 4 is 24.5 Å². The molecule has 294 valence electrons. The molecular weight excluding hydrogens is 731 g/mol. The van der Waals surface area contributed by atoms with E-state index in [1.54, 1.807) is 20.4 Å². The molecule has 0 radical (unpaired) electrons. The molecule has 7 rings (SSSR count). The lowest BCUT2D eigenvalue weighted by atomic mass is 9.80. The molecule has 1 aliphatic rings. The molecule has 1 saturated heterocycles. The topological polar surface area (TPSA) is 107 Å². The second-order valence-corrected chi connectivity index (χ2v) is 19.8. The molecule has 9 nitrogen and oxygen atoms in total. The van der Waals surface area contributed by atoms with Gasteiger partial charge in [0.25, 0.3) is 8.32 Å². The highest BCUT2D eigenvalue weighted by atomic mass is 28.4. The number of benzene rings is 5. The Bertz CT molecular complexity index is 2210. The average molecular weight is 782 g/mol. The molecule has 1 fully saturated rings. The number of rotatable bonds is 13. The van der Waals surface area contributed by atoms with Gasteiger partial charge >= 0.3 is 5.69 Å². The highest BCUT2D eigenvalue weighted by molar-refractivity contribution is 6.99. The maximum absolute atomic E-state index is 13.5. The summed E-state index contributed by atoms with van der Waals surface area (Å²) in [5.74, 6) is 1.66. The number of hydrogen-bond acceptors (Lipinski definition) is 8. The summed E-state index contributed by atoms with van der Waals surface area (Å²) < 4.78 is 34.8. The summed E-state index contributed by atoms with van der Waals surface area (Å²) in [6.07, 6.45) is 0.315. The zero-order chi connectivity index (χ0) is 40.2. The van der Waals surface area contributed by atoms with E-state index in [0.29, 0.717) is 12.0 Å². The number of aryl methyl sites for hydroxylation is 1. The second kappa shape index (κ2) is 16.5. The van der Waals surface area contributed by atoms with Gasteiger partial charge in [0.1, 0.15) is 35.2 Å². The minimum atomic E-state index is -3.09. The van der Waals surface area contributed by atoms with E-state index in [4.69, 9.17) is 29.1 Å². The van der Waals surface area contributed by atoms with E-state index in [9.17, 15) is 4.79 Å². The first kappa shape index (κ1) is 39.7. The quantitative estimate of drug-likeness (QED) is 0.0956. The van der Waals surface area contributed by atoms with E-state index < -0.39 is 38.0 Å². The van der Waals surface area contributed by atoms with Gasteiger partial charge in [0.15, 0.2) is 0 Å². The van der Waals surface area contributed by atoms with Gasteiger partial charge in [0.2, 0.25) is 0 Å². The molecule has 10 heteroatoms. The lowest BCUT2D eigenvalue weighted by Gasteiger charge is -2.45. The Morgan fingerprint density at radius 3 is 1.68 bits per heavy atom. The Morgan fingerprint density at radius 2 is 1.21 bits per heavy atom. The normalized spacial score (nSPS) is 17.3. The van der Waals surface area contributed by atoms with Gasteiger partial charge in [-0.05, 0) is 63.3 Å². The van der Waals surface area contributed by atoms with Crippen molar-refractivity contribution < 1.29 is 23.4 Å². The number of anilines is 1. The van der Waals surface area contributed by atoms with Crippen LogP contribution in [0, 0.1) is 6.92 Å². The van der Waals surface area contributed by atoms with Crippen LogP contribution in [0.2, 0.25) is 5.04 Å². The van der Waals surface area contributed by atoms with Crippen molar-refractivity contribution in [3.8, 4) is 11.5 Å². The van der Waals surface area contributed by atoms with Crippen LogP contribution in [-0.2, 0) is 19.5 Å². The number of nitrogens with zero attached hydrogens (tertiary/aromatic N) is 2. The van der Waals surface area contributed by atoms with Crippen molar-refractivity contribution in [1.82, 2.24) is 9.55 Å². The summed E-state index contributed by atoms with van der Waals surface area (Å²) in [6.45, 7) is 8.71. The largest absolute Gasteiger partial charge is 0.497 e. The summed E-state index contributed by atoms with van der Waals surface area (Å²) in [7, 11) is 0.217. The maximum atomic E-state index is 13.5. The molecule has 2 heterocycles. The van der Waals surface area contributed by atoms with Gasteiger partial charge in [-0.1, -0.05) is 136 Å². The first-order valence-electron chi connectivity index (χ1n) is 19.3. The Balaban J connectivity index is 1.38. The number of hydrogen-bond donors (Lipinski definition) is 1. The van der Waals surface area contributed by atoms with Gasteiger partial charge in [-0.3, -0.25) is 4.57 Å². The van der Waals surface area contributed by atoms with Crippen molar-refractivity contribution in [2.75, 3.05) is 26.6 Å². The third-order valence-corrected chi connectivity index (χ3v) is 16.1. The van der Waals surface area contributed by atoms with E-state index >= 15 is 0 Å². The molecule has 0 unspecified atom stereocenters. The molecule has 1 aromatic heterocycles. The number of nitrogen functional groups attached to an aromatic ring is 1. The van der Waals surface area contributed by atoms with Crippen LogP contribution in [0.5, 0.6) is 11.5 Å². The summed E-state index contributed by atoms with van der Waals surface area (Å²) in [6, 6.07) is 47.2. The van der Waals surface area contributed by atoms with Gasteiger partial charge in [-0.15, -0.1) is 0 Å². The van der Waals surface area contributed by atoms with Crippen LogP contribution in [0.4, 0.5) is 5.82 Å². The maximum Gasteiger partial charge on any atom is 0.351 e. The number of nitrogens with two attached hydrogens (primary N) is 1. The fraction of sp³-hybridized carbons (Fsp3) is 0.277.